The van der Waals surface area contributed by atoms with Crippen molar-refractivity contribution in [2.75, 3.05) is 21.3 Å². The number of methoxy groups -OCH3 is 3. The van der Waals surface area contributed by atoms with Gasteiger partial charge in [0.1, 0.15) is 0 Å². The molecule has 0 aliphatic heterocycles. The molecule has 1 rings (SSSR count). The van der Waals surface area contributed by atoms with Gasteiger partial charge in [-0.05, 0) is 55.2 Å². The second-order valence-corrected chi connectivity index (χ2v) is 17.1. The van der Waals surface area contributed by atoms with Crippen LogP contribution < -0.4 is 18.6 Å². The van der Waals surface area contributed by atoms with E-state index in [1.54, 1.807) is 21.3 Å². The van der Waals surface area contributed by atoms with Gasteiger partial charge in [-0.15, -0.1) is 0 Å². The molecule has 0 saturated heterocycles. The van der Waals surface area contributed by atoms with Crippen LogP contribution in [0.4, 0.5) is 0 Å². The maximum absolute atomic E-state index is 6.33. The first-order chi connectivity index (χ1) is 10.9. The fraction of sp³-hybridized carbons (Fsp3) is 0.625. The Balaban J connectivity index is 3.61. The Morgan fingerprint density at radius 1 is 0.708 bits per heavy atom. The third-order valence-electron chi connectivity index (χ3n) is 3.03. The lowest BCUT2D eigenvalue weighted by molar-refractivity contribution is 0.283. The first-order valence-corrected chi connectivity index (χ1v) is 15.4. The van der Waals surface area contributed by atoms with Crippen LogP contribution in [0.1, 0.15) is 5.56 Å². The van der Waals surface area contributed by atoms with Crippen molar-refractivity contribution in [3.8, 4) is 23.0 Å². The van der Waals surface area contributed by atoms with Crippen molar-refractivity contribution in [3.05, 3.63) is 10.0 Å². The summed E-state index contributed by atoms with van der Waals surface area (Å²) in [6.45, 7) is 13.3. The van der Waals surface area contributed by atoms with Gasteiger partial charge in [0.15, 0.2) is 19.8 Å². The normalized spacial score (nSPS) is 12.1. The van der Waals surface area contributed by atoms with Crippen LogP contribution in [0.25, 0.3) is 0 Å². The molecule has 138 valence electrons. The maximum atomic E-state index is 6.33. The van der Waals surface area contributed by atoms with Crippen LogP contribution in [-0.4, -0.2) is 38.0 Å². The molecule has 0 radical (unpaired) electrons. The van der Waals surface area contributed by atoms with Crippen molar-refractivity contribution in [1.82, 2.24) is 0 Å². The van der Waals surface area contributed by atoms with Gasteiger partial charge in [0.05, 0.1) is 32.4 Å². The van der Waals surface area contributed by atoms with Crippen molar-refractivity contribution in [2.45, 2.75) is 45.9 Å². The summed E-state index contributed by atoms with van der Waals surface area (Å²) in [6.07, 6.45) is 0. The average Bonchev–Trinajstić information content (AvgIpc) is 2.43. The predicted molar refractivity (Wildman–Crippen MR) is 106 cm³/mol. The summed E-state index contributed by atoms with van der Waals surface area (Å²) in [4.78, 5) is 0. The molecule has 0 spiro atoms. The highest BCUT2D eigenvalue weighted by Crippen LogP contribution is 2.52. The highest BCUT2D eigenvalue weighted by molar-refractivity contribution is 9.10. The van der Waals surface area contributed by atoms with Crippen molar-refractivity contribution >= 4 is 32.6 Å². The molecule has 0 aromatic heterocycles. The van der Waals surface area contributed by atoms with Crippen molar-refractivity contribution in [3.63, 3.8) is 0 Å². The number of hydrogen-bond acceptors (Lipinski definition) is 5. The monoisotopic (exact) mass is 436 g/mol. The molecule has 0 heterocycles. The Morgan fingerprint density at radius 3 is 1.54 bits per heavy atom. The van der Waals surface area contributed by atoms with E-state index in [9.17, 15) is 0 Å². The summed E-state index contributed by atoms with van der Waals surface area (Å²) < 4.78 is 29.9. The first-order valence-electron chi connectivity index (χ1n) is 7.78. The Kier molecular flexibility index (Phi) is 7.21. The fourth-order valence-electron chi connectivity index (χ4n) is 2.06. The van der Waals surface area contributed by atoms with Crippen molar-refractivity contribution in [1.29, 1.82) is 0 Å². The number of hydrogen-bond donors (Lipinski definition) is 0. The van der Waals surface area contributed by atoms with Gasteiger partial charge in [-0.1, -0.05) is 0 Å². The summed E-state index contributed by atoms with van der Waals surface area (Å²) in [5.41, 5.74) is 0.884. The zero-order chi connectivity index (χ0) is 18.7. The zero-order valence-electron chi connectivity index (χ0n) is 16.1. The maximum Gasteiger partial charge on any atom is 0.242 e. The third-order valence-corrected chi connectivity index (χ3v) is 5.69. The summed E-state index contributed by atoms with van der Waals surface area (Å²) in [6, 6.07) is 0. The van der Waals surface area contributed by atoms with Crippen LogP contribution in [0, 0.1) is 0 Å². The SMILES string of the molecule is COc1c(Br)c(CO[Si](C)(C)C)c(O[Si](C)(C)C)c(OC)c1OC. The van der Waals surface area contributed by atoms with Crippen LogP contribution in [-0.2, 0) is 11.0 Å². The molecule has 0 saturated carbocycles. The van der Waals surface area contributed by atoms with Gasteiger partial charge < -0.3 is 23.1 Å². The number of benzene rings is 1. The summed E-state index contributed by atoms with van der Waals surface area (Å²) >= 11 is 3.63. The molecule has 5 nitrogen and oxygen atoms in total. The summed E-state index contributed by atoms with van der Waals surface area (Å²) in [5.74, 6) is 2.29. The molecule has 0 bridgehead atoms. The van der Waals surface area contributed by atoms with Gasteiger partial charge in [-0.2, -0.15) is 0 Å². The van der Waals surface area contributed by atoms with Crippen LogP contribution in [0.5, 0.6) is 23.0 Å². The van der Waals surface area contributed by atoms with E-state index in [-0.39, 0.29) is 0 Å². The van der Waals surface area contributed by atoms with Crippen LogP contribution in [0.3, 0.4) is 0 Å². The van der Waals surface area contributed by atoms with Gasteiger partial charge in [0.25, 0.3) is 0 Å². The minimum Gasteiger partial charge on any atom is -0.541 e. The van der Waals surface area contributed by atoms with Gasteiger partial charge in [-0.3, -0.25) is 0 Å². The minimum absolute atomic E-state index is 0.423. The predicted octanol–water partition coefficient (Wildman–Crippen LogP) is 5.04. The zero-order valence-corrected chi connectivity index (χ0v) is 19.7. The Labute approximate surface area is 156 Å². The molecule has 0 N–H and O–H groups in total. The topological polar surface area (TPSA) is 46.2 Å². The summed E-state index contributed by atoms with van der Waals surface area (Å²) in [5, 5.41) is 0. The van der Waals surface area contributed by atoms with Gasteiger partial charge in [0.2, 0.25) is 19.8 Å². The largest absolute Gasteiger partial charge is 0.541 e. The first kappa shape index (κ1) is 21.3. The molecule has 0 unspecified atom stereocenters. The quantitative estimate of drug-likeness (QED) is 0.533. The molecular weight excluding hydrogens is 408 g/mol. The van der Waals surface area contributed by atoms with Gasteiger partial charge in [0, 0.05) is 5.56 Å². The highest BCUT2D eigenvalue weighted by atomic mass is 79.9. The Bertz CT molecular complexity index is 580. The number of ether oxygens (including phenoxy) is 3. The van der Waals surface area contributed by atoms with E-state index in [4.69, 9.17) is 23.1 Å². The second kappa shape index (κ2) is 8.12. The highest BCUT2D eigenvalue weighted by Gasteiger charge is 2.30. The summed E-state index contributed by atoms with van der Waals surface area (Å²) in [7, 11) is 1.21. The van der Waals surface area contributed by atoms with Gasteiger partial charge >= 0.3 is 0 Å². The van der Waals surface area contributed by atoms with E-state index in [0.717, 1.165) is 10.0 Å². The molecule has 1 aromatic rings. The average molecular weight is 437 g/mol. The molecule has 0 atom stereocenters. The van der Waals surface area contributed by atoms with Crippen molar-refractivity contribution < 1.29 is 23.1 Å². The molecule has 24 heavy (non-hydrogen) atoms. The van der Waals surface area contributed by atoms with Crippen molar-refractivity contribution in [2.24, 2.45) is 0 Å². The van der Waals surface area contributed by atoms with Gasteiger partial charge in [-0.25, -0.2) is 0 Å². The lowest BCUT2D eigenvalue weighted by Crippen LogP contribution is -2.31. The van der Waals surface area contributed by atoms with Crippen LogP contribution >= 0.6 is 15.9 Å². The molecular formula is C16H29BrO5Si2. The Hall–Kier alpha value is -0.706. The van der Waals surface area contributed by atoms with E-state index in [0.29, 0.717) is 29.6 Å². The van der Waals surface area contributed by atoms with E-state index in [1.165, 1.54) is 0 Å². The second-order valence-electron chi connectivity index (χ2n) is 7.34. The minimum atomic E-state index is -1.88. The lowest BCUT2D eigenvalue weighted by atomic mass is 10.1. The fourth-order valence-corrected chi connectivity index (χ4v) is 4.11. The van der Waals surface area contributed by atoms with E-state index in [2.05, 4.69) is 55.2 Å². The molecule has 0 fully saturated rings. The van der Waals surface area contributed by atoms with E-state index < -0.39 is 16.6 Å². The molecule has 0 aliphatic carbocycles. The standard InChI is InChI=1S/C16H29BrO5Si2/c1-18-14-12(17)11(10-21-23(4,5)6)13(22-24(7,8)9)15(19-2)16(14)20-3/h10H2,1-9H3. The van der Waals surface area contributed by atoms with Crippen LogP contribution in [0.15, 0.2) is 4.47 Å². The molecule has 1 aromatic carbocycles. The number of rotatable bonds is 8. The Morgan fingerprint density at radius 2 is 1.17 bits per heavy atom. The smallest absolute Gasteiger partial charge is 0.242 e. The van der Waals surface area contributed by atoms with E-state index in [1.807, 2.05) is 0 Å². The lowest BCUT2D eigenvalue weighted by Gasteiger charge is -2.28. The van der Waals surface area contributed by atoms with E-state index >= 15 is 0 Å². The molecule has 0 amide bonds. The third kappa shape index (κ3) is 5.40. The van der Waals surface area contributed by atoms with Crippen LogP contribution in [0.2, 0.25) is 39.3 Å². The number of halogens is 1. The molecule has 8 heteroatoms. The molecule has 0 aliphatic rings.